The van der Waals surface area contributed by atoms with Crippen LogP contribution in [0.4, 0.5) is 0 Å². The number of carbonyl (C=O) groups excluding carboxylic acids is 1. The molecule has 1 aliphatic rings. The summed E-state index contributed by atoms with van der Waals surface area (Å²) < 4.78 is 0. The molecule has 4 rings (SSSR count). The van der Waals surface area contributed by atoms with Crippen LogP contribution in [0, 0.1) is 0 Å². The number of benzene rings is 2. The average molecular weight is 346 g/mol. The number of carbonyl (C=O) groups is 1. The largest absolute Gasteiger partial charge is 0.343 e. The van der Waals surface area contributed by atoms with E-state index < -0.39 is 0 Å². The molecule has 1 N–H and O–H groups in total. The van der Waals surface area contributed by atoms with Crippen molar-refractivity contribution in [3.8, 4) is 0 Å². The summed E-state index contributed by atoms with van der Waals surface area (Å²) in [6, 6.07) is 23.8. The number of pyridine rings is 1. The van der Waals surface area contributed by atoms with Crippen LogP contribution in [0.5, 0.6) is 0 Å². The number of nitrogens with zero attached hydrogens (tertiary/aromatic N) is 1. The van der Waals surface area contributed by atoms with Crippen molar-refractivity contribution in [2.24, 2.45) is 0 Å². The van der Waals surface area contributed by atoms with Crippen molar-refractivity contribution in [2.45, 2.75) is 22.6 Å². The minimum absolute atomic E-state index is 0.0562. The maximum Gasteiger partial charge on any atom is 0.234 e. The SMILES string of the molecule is O=C(NC(c1ccccc1)c1ccccn1)C1Cc2ccccc2S1. The second-order valence-corrected chi connectivity index (χ2v) is 7.27. The van der Waals surface area contributed by atoms with Gasteiger partial charge in [-0.3, -0.25) is 9.78 Å². The summed E-state index contributed by atoms with van der Waals surface area (Å²) in [5.41, 5.74) is 3.14. The van der Waals surface area contributed by atoms with E-state index >= 15 is 0 Å². The molecule has 2 unspecified atom stereocenters. The zero-order valence-corrected chi connectivity index (χ0v) is 14.4. The molecule has 2 heterocycles. The fourth-order valence-corrected chi connectivity index (χ4v) is 4.29. The molecule has 4 heteroatoms. The summed E-state index contributed by atoms with van der Waals surface area (Å²) in [6.45, 7) is 0. The lowest BCUT2D eigenvalue weighted by molar-refractivity contribution is -0.121. The van der Waals surface area contributed by atoms with Gasteiger partial charge in [0.2, 0.25) is 5.91 Å². The molecule has 25 heavy (non-hydrogen) atoms. The van der Waals surface area contributed by atoms with Crippen LogP contribution in [-0.2, 0) is 11.2 Å². The van der Waals surface area contributed by atoms with Gasteiger partial charge in [0, 0.05) is 11.1 Å². The second kappa shape index (κ2) is 7.11. The van der Waals surface area contributed by atoms with E-state index in [2.05, 4.69) is 22.4 Å². The van der Waals surface area contributed by atoms with Gasteiger partial charge in [-0.2, -0.15) is 0 Å². The van der Waals surface area contributed by atoms with Crippen LogP contribution in [0.1, 0.15) is 22.9 Å². The summed E-state index contributed by atoms with van der Waals surface area (Å²) in [4.78, 5) is 18.6. The Bertz CT molecular complexity index is 803. The van der Waals surface area contributed by atoms with Crippen LogP contribution in [0.15, 0.2) is 83.9 Å². The molecule has 0 saturated carbocycles. The first kappa shape index (κ1) is 15.9. The lowest BCUT2D eigenvalue weighted by Gasteiger charge is -2.20. The highest BCUT2D eigenvalue weighted by Crippen LogP contribution is 2.37. The Balaban J connectivity index is 1.56. The van der Waals surface area contributed by atoms with E-state index in [1.807, 2.05) is 60.7 Å². The Hall–Kier alpha value is -2.59. The fraction of sp³-hybridized carbons (Fsp3) is 0.143. The molecule has 0 bridgehead atoms. The maximum absolute atomic E-state index is 12.9. The molecule has 2 aromatic carbocycles. The Morgan fingerprint density at radius 3 is 2.52 bits per heavy atom. The summed E-state index contributed by atoms with van der Waals surface area (Å²) >= 11 is 1.64. The van der Waals surface area contributed by atoms with Gasteiger partial charge in [0.05, 0.1) is 17.0 Å². The van der Waals surface area contributed by atoms with Gasteiger partial charge in [0.15, 0.2) is 0 Å². The quantitative estimate of drug-likeness (QED) is 0.776. The molecule has 0 fully saturated rings. The minimum atomic E-state index is -0.237. The van der Waals surface area contributed by atoms with Crippen molar-refractivity contribution in [1.82, 2.24) is 10.3 Å². The predicted molar refractivity (Wildman–Crippen MR) is 100 cm³/mol. The number of fused-ring (bicyclic) bond motifs is 1. The molecular weight excluding hydrogens is 328 g/mol. The summed E-state index contributed by atoms with van der Waals surface area (Å²) in [5, 5.41) is 3.11. The van der Waals surface area contributed by atoms with Gasteiger partial charge in [-0.1, -0.05) is 54.6 Å². The molecule has 1 aliphatic heterocycles. The van der Waals surface area contributed by atoms with Crippen molar-refractivity contribution in [1.29, 1.82) is 0 Å². The van der Waals surface area contributed by atoms with Gasteiger partial charge in [-0.05, 0) is 35.7 Å². The first-order valence-electron chi connectivity index (χ1n) is 8.32. The number of hydrogen-bond donors (Lipinski definition) is 1. The molecule has 3 aromatic rings. The van der Waals surface area contributed by atoms with Crippen LogP contribution in [-0.4, -0.2) is 16.1 Å². The maximum atomic E-state index is 12.9. The molecule has 0 spiro atoms. The van der Waals surface area contributed by atoms with Crippen LogP contribution >= 0.6 is 11.8 Å². The van der Waals surface area contributed by atoms with E-state index in [1.54, 1.807) is 18.0 Å². The summed E-state index contributed by atoms with van der Waals surface area (Å²) in [6.07, 6.45) is 2.54. The first-order chi connectivity index (χ1) is 12.3. The number of thioether (sulfide) groups is 1. The number of hydrogen-bond acceptors (Lipinski definition) is 3. The Labute approximate surface area is 151 Å². The van der Waals surface area contributed by atoms with Gasteiger partial charge in [0.1, 0.15) is 0 Å². The van der Waals surface area contributed by atoms with Crippen LogP contribution < -0.4 is 5.32 Å². The Morgan fingerprint density at radius 1 is 1.00 bits per heavy atom. The topological polar surface area (TPSA) is 42.0 Å². The van der Waals surface area contributed by atoms with E-state index in [9.17, 15) is 4.79 Å². The third kappa shape index (κ3) is 3.44. The highest BCUT2D eigenvalue weighted by atomic mass is 32.2. The van der Waals surface area contributed by atoms with Crippen molar-refractivity contribution in [2.75, 3.05) is 0 Å². The Morgan fingerprint density at radius 2 is 1.76 bits per heavy atom. The van der Waals surface area contributed by atoms with E-state index in [0.717, 1.165) is 17.7 Å². The van der Waals surface area contributed by atoms with E-state index in [-0.39, 0.29) is 17.2 Å². The minimum Gasteiger partial charge on any atom is -0.343 e. The molecule has 1 amide bonds. The zero-order valence-electron chi connectivity index (χ0n) is 13.6. The van der Waals surface area contributed by atoms with Gasteiger partial charge in [0.25, 0.3) is 0 Å². The van der Waals surface area contributed by atoms with Gasteiger partial charge >= 0.3 is 0 Å². The van der Waals surface area contributed by atoms with Crippen molar-refractivity contribution in [3.05, 3.63) is 95.8 Å². The molecule has 124 valence electrons. The molecule has 3 nitrogen and oxygen atoms in total. The number of rotatable bonds is 4. The van der Waals surface area contributed by atoms with Crippen LogP contribution in [0.25, 0.3) is 0 Å². The molecule has 0 saturated heterocycles. The first-order valence-corrected chi connectivity index (χ1v) is 9.20. The van der Waals surface area contributed by atoms with Crippen LogP contribution in [0.3, 0.4) is 0 Å². The molecule has 0 radical (unpaired) electrons. The van der Waals surface area contributed by atoms with Gasteiger partial charge in [-0.15, -0.1) is 11.8 Å². The highest BCUT2D eigenvalue weighted by molar-refractivity contribution is 8.01. The van der Waals surface area contributed by atoms with Crippen molar-refractivity contribution in [3.63, 3.8) is 0 Å². The molecule has 0 aliphatic carbocycles. The number of nitrogens with one attached hydrogen (secondary N) is 1. The molecule has 2 atom stereocenters. The van der Waals surface area contributed by atoms with Crippen molar-refractivity contribution >= 4 is 17.7 Å². The lowest BCUT2D eigenvalue weighted by Crippen LogP contribution is -2.36. The third-order valence-electron chi connectivity index (χ3n) is 4.34. The number of amides is 1. The average Bonchev–Trinajstić information content (AvgIpc) is 3.12. The Kier molecular flexibility index (Phi) is 4.53. The monoisotopic (exact) mass is 346 g/mol. The zero-order chi connectivity index (χ0) is 17.1. The van der Waals surface area contributed by atoms with E-state index in [4.69, 9.17) is 0 Å². The van der Waals surface area contributed by atoms with E-state index in [1.165, 1.54) is 10.5 Å². The lowest BCUT2D eigenvalue weighted by atomic mass is 10.0. The number of aromatic nitrogens is 1. The predicted octanol–water partition coefficient (Wildman–Crippen LogP) is 4.00. The fourth-order valence-electron chi connectivity index (χ4n) is 3.08. The molecular formula is C21H18N2OS. The van der Waals surface area contributed by atoms with Crippen LogP contribution in [0.2, 0.25) is 0 Å². The smallest absolute Gasteiger partial charge is 0.234 e. The summed E-state index contributed by atoms with van der Waals surface area (Å²) in [7, 11) is 0. The van der Waals surface area contributed by atoms with Gasteiger partial charge in [-0.25, -0.2) is 0 Å². The third-order valence-corrected chi connectivity index (χ3v) is 5.66. The van der Waals surface area contributed by atoms with Crippen molar-refractivity contribution < 1.29 is 4.79 Å². The highest BCUT2D eigenvalue weighted by Gasteiger charge is 2.30. The van der Waals surface area contributed by atoms with Gasteiger partial charge < -0.3 is 5.32 Å². The normalized spacial score (nSPS) is 16.9. The van der Waals surface area contributed by atoms with E-state index in [0.29, 0.717) is 0 Å². The summed E-state index contributed by atoms with van der Waals surface area (Å²) in [5.74, 6) is 0.0562. The molecule has 1 aromatic heterocycles. The second-order valence-electron chi connectivity index (χ2n) is 6.03. The standard InChI is InChI=1S/C21H18N2OS/c24-21(19-14-16-10-4-5-12-18(16)25-19)23-20(15-8-2-1-3-9-15)17-11-6-7-13-22-17/h1-13,19-20H,14H2,(H,23,24).